The van der Waals surface area contributed by atoms with E-state index in [-0.39, 0.29) is 12.1 Å². The van der Waals surface area contributed by atoms with Crippen molar-refractivity contribution < 1.29 is 9.53 Å². The van der Waals surface area contributed by atoms with Gasteiger partial charge in [0.2, 0.25) is 0 Å². The molecule has 0 radical (unpaired) electrons. The molecule has 2 aromatic heterocycles. The van der Waals surface area contributed by atoms with Crippen molar-refractivity contribution in [1.29, 1.82) is 0 Å². The third-order valence-corrected chi connectivity index (χ3v) is 3.12. The number of aromatic nitrogens is 4. The van der Waals surface area contributed by atoms with Gasteiger partial charge in [-0.15, -0.1) is 0 Å². The van der Waals surface area contributed by atoms with Crippen LogP contribution in [0.1, 0.15) is 37.9 Å². The Morgan fingerprint density at radius 1 is 1.43 bits per heavy atom. The molecule has 0 aliphatic rings. The van der Waals surface area contributed by atoms with E-state index in [0.29, 0.717) is 25.2 Å². The Bertz CT molecular complexity index is 636. The molecule has 0 saturated carbocycles. The van der Waals surface area contributed by atoms with Gasteiger partial charge in [-0.05, 0) is 34.1 Å². The molecule has 0 spiro atoms. The molecular formula is C14H21N5O2. The van der Waals surface area contributed by atoms with E-state index in [4.69, 9.17) is 4.74 Å². The van der Waals surface area contributed by atoms with Crippen molar-refractivity contribution >= 4 is 17.6 Å². The monoisotopic (exact) mass is 291 g/mol. The molecule has 0 atom stereocenters. The molecule has 2 aromatic rings. The minimum Gasteiger partial charge on any atom is -0.463 e. The predicted molar refractivity (Wildman–Crippen MR) is 79.2 cm³/mol. The first kappa shape index (κ1) is 15.2. The van der Waals surface area contributed by atoms with Crippen LogP contribution in [0, 0.1) is 13.8 Å². The number of hydrogen-bond donors (Lipinski definition) is 1. The van der Waals surface area contributed by atoms with E-state index in [2.05, 4.69) is 20.4 Å². The highest BCUT2D eigenvalue weighted by molar-refractivity contribution is 5.69. The normalized spacial score (nSPS) is 11.1. The number of fused-ring (bicyclic) bond motifs is 1. The van der Waals surface area contributed by atoms with Crippen molar-refractivity contribution in [1.82, 2.24) is 19.6 Å². The van der Waals surface area contributed by atoms with Crippen LogP contribution < -0.4 is 5.32 Å². The average molecular weight is 291 g/mol. The van der Waals surface area contributed by atoms with Gasteiger partial charge in [0.05, 0.1) is 6.10 Å². The summed E-state index contributed by atoms with van der Waals surface area (Å²) < 4.78 is 6.77. The van der Waals surface area contributed by atoms with Crippen LogP contribution in [0.2, 0.25) is 0 Å². The Morgan fingerprint density at radius 3 is 2.90 bits per heavy atom. The zero-order valence-electron chi connectivity index (χ0n) is 12.9. The highest BCUT2D eigenvalue weighted by atomic mass is 16.5. The van der Waals surface area contributed by atoms with Crippen LogP contribution in [0.3, 0.4) is 0 Å². The van der Waals surface area contributed by atoms with Crippen molar-refractivity contribution in [2.75, 3.05) is 11.9 Å². The Labute approximate surface area is 123 Å². The van der Waals surface area contributed by atoms with Gasteiger partial charge in [-0.25, -0.2) is 4.98 Å². The first-order valence-electron chi connectivity index (χ1n) is 7.09. The van der Waals surface area contributed by atoms with Crippen LogP contribution in [0.5, 0.6) is 0 Å². The number of anilines is 1. The largest absolute Gasteiger partial charge is 0.463 e. The minimum absolute atomic E-state index is 0.0645. The maximum atomic E-state index is 11.5. The van der Waals surface area contributed by atoms with Crippen LogP contribution in [0.25, 0.3) is 5.78 Å². The van der Waals surface area contributed by atoms with Crippen LogP contribution >= 0.6 is 0 Å². The van der Waals surface area contributed by atoms with E-state index in [1.54, 1.807) is 4.52 Å². The molecule has 0 aliphatic heterocycles. The van der Waals surface area contributed by atoms with Crippen molar-refractivity contribution in [2.24, 2.45) is 0 Å². The highest BCUT2D eigenvalue weighted by Gasteiger charge is 2.11. The van der Waals surface area contributed by atoms with Crippen molar-refractivity contribution in [2.45, 2.75) is 46.6 Å². The predicted octanol–water partition coefficient (Wildman–Crippen LogP) is 1.88. The van der Waals surface area contributed by atoms with Gasteiger partial charge in [0.1, 0.15) is 12.1 Å². The summed E-state index contributed by atoms with van der Waals surface area (Å²) in [5, 5.41) is 7.47. The molecule has 1 N–H and O–H groups in total. The lowest BCUT2D eigenvalue weighted by Crippen LogP contribution is -2.14. The molecule has 2 rings (SSSR count). The molecule has 0 unspecified atom stereocenters. The van der Waals surface area contributed by atoms with E-state index in [1.165, 1.54) is 6.33 Å². The number of aryl methyl sites for hydroxylation is 1. The van der Waals surface area contributed by atoms with E-state index in [1.807, 2.05) is 27.7 Å². The third-order valence-electron chi connectivity index (χ3n) is 3.12. The van der Waals surface area contributed by atoms with E-state index < -0.39 is 0 Å². The lowest BCUT2D eigenvalue weighted by atomic mass is 10.2. The van der Waals surface area contributed by atoms with Crippen LogP contribution in [0.4, 0.5) is 5.82 Å². The number of hydrogen-bond acceptors (Lipinski definition) is 6. The molecule has 7 nitrogen and oxygen atoms in total. The van der Waals surface area contributed by atoms with Crippen LogP contribution in [-0.2, 0) is 9.53 Å². The second-order valence-corrected chi connectivity index (χ2v) is 5.21. The molecule has 7 heteroatoms. The molecule has 114 valence electrons. The number of carbonyl (C=O) groups is 1. The molecule has 2 heterocycles. The maximum absolute atomic E-state index is 11.5. The second kappa shape index (κ2) is 6.51. The van der Waals surface area contributed by atoms with Crippen LogP contribution in [-0.4, -0.2) is 38.2 Å². The van der Waals surface area contributed by atoms with Gasteiger partial charge in [-0.1, -0.05) is 0 Å². The zero-order chi connectivity index (χ0) is 15.4. The summed E-state index contributed by atoms with van der Waals surface area (Å²) in [6.07, 6.45) is 2.51. The van der Waals surface area contributed by atoms with Crippen molar-refractivity contribution in [3.05, 3.63) is 17.6 Å². The molecule has 0 amide bonds. The Kier molecular flexibility index (Phi) is 4.72. The molecule has 0 saturated heterocycles. The number of ether oxygens (including phenoxy) is 1. The summed E-state index contributed by atoms with van der Waals surface area (Å²) in [4.78, 5) is 19.9. The van der Waals surface area contributed by atoms with Gasteiger partial charge in [0.25, 0.3) is 5.78 Å². The van der Waals surface area contributed by atoms with Gasteiger partial charge in [-0.3, -0.25) is 4.79 Å². The fourth-order valence-electron chi connectivity index (χ4n) is 2.00. The van der Waals surface area contributed by atoms with Gasteiger partial charge >= 0.3 is 5.97 Å². The summed E-state index contributed by atoms with van der Waals surface area (Å²) in [7, 11) is 0. The number of rotatable bonds is 6. The first-order valence-corrected chi connectivity index (χ1v) is 7.09. The second-order valence-electron chi connectivity index (χ2n) is 5.21. The van der Waals surface area contributed by atoms with Crippen LogP contribution in [0.15, 0.2) is 6.33 Å². The van der Waals surface area contributed by atoms with Gasteiger partial charge in [0, 0.05) is 24.2 Å². The summed E-state index contributed by atoms with van der Waals surface area (Å²) in [6.45, 7) is 8.28. The third kappa shape index (κ3) is 3.68. The molecule has 0 aromatic carbocycles. The van der Waals surface area contributed by atoms with Gasteiger partial charge < -0.3 is 10.1 Å². The standard InChI is InChI=1S/C14H21N5O2/c1-9(2)21-12(20)6-5-7-15-13-10(3)11(4)18-14-16-8-17-19(13)14/h8-9,15H,5-7H2,1-4H3. The molecular weight excluding hydrogens is 270 g/mol. The zero-order valence-corrected chi connectivity index (χ0v) is 12.9. The fraction of sp³-hybridized carbons (Fsp3) is 0.571. The number of nitrogens with one attached hydrogen (secondary N) is 1. The lowest BCUT2D eigenvalue weighted by molar-refractivity contribution is -0.147. The van der Waals surface area contributed by atoms with Gasteiger partial charge in [-0.2, -0.15) is 14.6 Å². The maximum Gasteiger partial charge on any atom is 0.306 e. The Morgan fingerprint density at radius 2 is 2.19 bits per heavy atom. The molecule has 21 heavy (non-hydrogen) atoms. The van der Waals surface area contributed by atoms with E-state index in [0.717, 1.165) is 17.1 Å². The highest BCUT2D eigenvalue weighted by Crippen LogP contribution is 2.17. The Hall–Kier alpha value is -2.18. The number of esters is 1. The summed E-state index contributed by atoms with van der Waals surface area (Å²) >= 11 is 0. The topological polar surface area (TPSA) is 81.4 Å². The number of carbonyl (C=O) groups excluding carboxylic acids is 1. The Balaban J connectivity index is 1.96. The van der Waals surface area contributed by atoms with Crippen molar-refractivity contribution in [3.63, 3.8) is 0 Å². The lowest BCUT2D eigenvalue weighted by Gasteiger charge is -2.12. The smallest absolute Gasteiger partial charge is 0.306 e. The van der Waals surface area contributed by atoms with Gasteiger partial charge in [0.15, 0.2) is 0 Å². The average Bonchev–Trinajstić information content (AvgIpc) is 2.85. The first-order chi connectivity index (χ1) is 9.99. The molecule has 0 bridgehead atoms. The quantitative estimate of drug-likeness (QED) is 0.646. The number of nitrogens with zero attached hydrogens (tertiary/aromatic N) is 4. The van der Waals surface area contributed by atoms with E-state index >= 15 is 0 Å². The summed E-state index contributed by atoms with van der Waals surface area (Å²) in [6, 6.07) is 0. The summed E-state index contributed by atoms with van der Waals surface area (Å²) in [5.74, 6) is 1.27. The molecule has 0 fully saturated rings. The van der Waals surface area contributed by atoms with E-state index in [9.17, 15) is 4.79 Å². The summed E-state index contributed by atoms with van der Waals surface area (Å²) in [5.41, 5.74) is 1.94. The van der Waals surface area contributed by atoms with Crippen molar-refractivity contribution in [3.8, 4) is 0 Å². The minimum atomic E-state index is -0.166. The molecule has 0 aliphatic carbocycles. The fourth-order valence-corrected chi connectivity index (χ4v) is 2.00. The SMILES string of the molecule is Cc1nc2ncnn2c(NCCCC(=O)OC(C)C)c1C.